The van der Waals surface area contributed by atoms with Crippen LogP contribution in [0.2, 0.25) is 0 Å². The van der Waals surface area contributed by atoms with Crippen LogP contribution in [0.5, 0.6) is 5.75 Å². The van der Waals surface area contributed by atoms with Gasteiger partial charge in [0.15, 0.2) is 11.4 Å². The van der Waals surface area contributed by atoms with E-state index in [2.05, 4.69) is 14.5 Å². The number of hydrogen-bond acceptors (Lipinski definition) is 4. The molecule has 0 fully saturated rings. The Morgan fingerprint density at radius 2 is 1.86 bits per heavy atom. The number of rotatable bonds is 3. The van der Waals surface area contributed by atoms with Crippen molar-refractivity contribution in [2.75, 3.05) is 7.11 Å². The topological polar surface area (TPSA) is 48.4 Å². The summed E-state index contributed by atoms with van der Waals surface area (Å²) in [5.74, 6) is -3.51. The van der Waals surface area contributed by atoms with Crippen LogP contribution in [-0.2, 0) is 16.8 Å². The highest BCUT2D eigenvalue weighted by Gasteiger charge is 2.39. The van der Waals surface area contributed by atoms with E-state index in [0.29, 0.717) is 0 Å². The molecule has 118 valence electrons. The summed E-state index contributed by atoms with van der Waals surface area (Å²) in [6.07, 6.45) is -10.2. The molecule has 1 rings (SSSR count). The Balaban J connectivity index is 3.56. The fraction of sp³-hybridized carbons (Fsp3) is 0.400. The van der Waals surface area contributed by atoms with Crippen LogP contribution in [0.3, 0.4) is 0 Å². The zero-order chi connectivity index (χ0) is 16.4. The molecular weight excluding hydrogens is 332 g/mol. The second-order valence-electron chi connectivity index (χ2n) is 3.52. The third-order valence-corrected chi connectivity index (χ3v) is 2.37. The number of aromatic nitrogens is 1. The van der Waals surface area contributed by atoms with Crippen LogP contribution in [0.25, 0.3) is 0 Å². The number of nitrogens with zero attached hydrogens (tertiary/aromatic N) is 1. The zero-order valence-electron chi connectivity index (χ0n) is 10.1. The highest BCUT2D eigenvalue weighted by molar-refractivity contribution is 6.17. The summed E-state index contributed by atoms with van der Waals surface area (Å²) < 4.78 is 82.2. The fourth-order valence-corrected chi connectivity index (χ4v) is 1.49. The minimum Gasteiger partial charge on any atom is -0.464 e. The Hall–Kier alpha value is -1.71. The van der Waals surface area contributed by atoms with Crippen molar-refractivity contribution in [1.82, 2.24) is 4.98 Å². The third-order valence-electron chi connectivity index (χ3n) is 2.08. The first kappa shape index (κ1) is 17.3. The molecule has 1 aromatic rings. The summed E-state index contributed by atoms with van der Waals surface area (Å²) in [5, 5.41) is 0. The molecule has 0 atom stereocenters. The lowest BCUT2D eigenvalue weighted by molar-refractivity contribution is -0.275. The Kier molecular flexibility index (Phi) is 4.92. The van der Waals surface area contributed by atoms with E-state index in [1.165, 1.54) is 0 Å². The highest BCUT2D eigenvalue weighted by atomic mass is 35.5. The molecule has 0 saturated heterocycles. The van der Waals surface area contributed by atoms with Gasteiger partial charge in [-0.3, -0.25) is 0 Å². The van der Waals surface area contributed by atoms with Gasteiger partial charge in [0.1, 0.15) is 5.69 Å². The average molecular weight is 338 g/mol. The number of pyridine rings is 1. The zero-order valence-corrected chi connectivity index (χ0v) is 10.9. The molecule has 0 N–H and O–H groups in total. The number of methoxy groups -OCH3 is 1. The molecular formula is C10H6ClF6NO3. The van der Waals surface area contributed by atoms with Crippen molar-refractivity contribution in [1.29, 1.82) is 0 Å². The van der Waals surface area contributed by atoms with E-state index in [9.17, 15) is 31.1 Å². The molecule has 21 heavy (non-hydrogen) atoms. The number of esters is 1. The molecule has 0 spiro atoms. The van der Waals surface area contributed by atoms with E-state index < -0.39 is 47.1 Å². The molecule has 0 aromatic carbocycles. The van der Waals surface area contributed by atoms with Gasteiger partial charge < -0.3 is 9.47 Å². The number of alkyl halides is 7. The van der Waals surface area contributed by atoms with Crippen molar-refractivity contribution in [2.45, 2.75) is 18.4 Å². The van der Waals surface area contributed by atoms with Crippen molar-refractivity contribution in [3.05, 3.63) is 23.0 Å². The van der Waals surface area contributed by atoms with Gasteiger partial charge in [-0.05, 0) is 6.07 Å². The maximum Gasteiger partial charge on any atom is 0.573 e. The summed E-state index contributed by atoms with van der Waals surface area (Å²) in [5.41, 5.74) is -3.55. The lowest BCUT2D eigenvalue weighted by Gasteiger charge is -2.16. The lowest BCUT2D eigenvalue weighted by Crippen LogP contribution is -2.23. The quantitative estimate of drug-likeness (QED) is 0.481. The fourth-order valence-electron chi connectivity index (χ4n) is 1.30. The molecule has 0 unspecified atom stereocenters. The smallest absolute Gasteiger partial charge is 0.464 e. The van der Waals surface area contributed by atoms with E-state index in [0.717, 1.165) is 7.11 Å². The third kappa shape index (κ3) is 4.38. The van der Waals surface area contributed by atoms with Gasteiger partial charge in [-0.1, -0.05) is 0 Å². The van der Waals surface area contributed by atoms with Gasteiger partial charge in [-0.25, -0.2) is 9.78 Å². The second-order valence-corrected chi connectivity index (χ2v) is 3.78. The number of carbonyl (C=O) groups excluding carboxylic acids is 1. The summed E-state index contributed by atoms with van der Waals surface area (Å²) in [6, 6.07) is 0.264. The first-order valence-corrected chi connectivity index (χ1v) is 5.54. The molecule has 11 heteroatoms. The van der Waals surface area contributed by atoms with Gasteiger partial charge >= 0.3 is 18.5 Å². The number of ether oxygens (including phenoxy) is 2. The molecule has 0 aliphatic carbocycles. The Morgan fingerprint density at radius 1 is 1.29 bits per heavy atom. The summed E-state index contributed by atoms with van der Waals surface area (Å²) >= 11 is 5.31. The van der Waals surface area contributed by atoms with Crippen molar-refractivity contribution in [3.63, 3.8) is 0 Å². The van der Waals surface area contributed by atoms with Crippen LogP contribution >= 0.6 is 11.6 Å². The normalized spacial score (nSPS) is 12.2. The largest absolute Gasteiger partial charge is 0.573 e. The van der Waals surface area contributed by atoms with E-state index >= 15 is 0 Å². The van der Waals surface area contributed by atoms with Crippen molar-refractivity contribution < 1.29 is 40.6 Å². The summed E-state index contributed by atoms with van der Waals surface area (Å²) in [4.78, 5) is 14.1. The Labute approximate surface area is 118 Å². The van der Waals surface area contributed by atoms with E-state index in [1.807, 2.05) is 0 Å². The predicted octanol–water partition coefficient (Wildman–Crippen LogP) is 3.52. The van der Waals surface area contributed by atoms with Gasteiger partial charge in [0, 0.05) is 5.56 Å². The summed E-state index contributed by atoms with van der Waals surface area (Å²) in [6.45, 7) is 0. The Morgan fingerprint density at radius 3 is 2.24 bits per heavy atom. The van der Waals surface area contributed by atoms with Gasteiger partial charge in [0.05, 0.1) is 13.0 Å². The van der Waals surface area contributed by atoms with E-state index in [-0.39, 0.29) is 6.07 Å². The molecule has 1 aromatic heterocycles. The lowest BCUT2D eigenvalue weighted by atomic mass is 10.1. The molecule has 0 saturated carbocycles. The maximum atomic E-state index is 12.6. The molecule has 0 amide bonds. The van der Waals surface area contributed by atoms with Crippen molar-refractivity contribution in [2.24, 2.45) is 0 Å². The van der Waals surface area contributed by atoms with Crippen molar-refractivity contribution in [3.8, 4) is 5.75 Å². The molecule has 0 bridgehead atoms. The number of hydrogen-bond donors (Lipinski definition) is 0. The van der Waals surface area contributed by atoms with Crippen LogP contribution in [0, 0.1) is 0 Å². The van der Waals surface area contributed by atoms with Gasteiger partial charge in [-0.2, -0.15) is 13.2 Å². The van der Waals surface area contributed by atoms with Crippen molar-refractivity contribution >= 4 is 17.6 Å². The standard InChI is InChI=1S/C10H6ClF6NO3/c1-20-8(19)6-7(21-10(15,16)17)4(3-11)2-5(18-6)9(12,13)14/h2H,3H2,1H3. The van der Waals surface area contributed by atoms with Crippen LogP contribution in [0.1, 0.15) is 21.7 Å². The van der Waals surface area contributed by atoms with Crippen LogP contribution in [0.15, 0.2) is 6.07 Å². The number of halogens is 7. The Bertz CT molecular complexity index is 543. The molecule has 4 nitrogen and oxygen atoms in total. The first-order valence-electron chi connectivity index (χ1n) is 5.00. The maximum absolute atomic E-state index is 12.6. The van der Waals surface area contributed by atoms with E-state index in [4.69, 9.17) is 11.6 Å². The minimum atomic E-state index is -5.25. The highest BCUT2D eigenvalue weighted by Crippen LogP contribution is 2.36. The summed E-state index contributed by atoms with van der Waals surface area (Å²) in [7, 11) is 0.766. The first-order chi connectivity index (χ1) is 9.49. The van der Waals surface area contributed by atoms with Crippen LogP contribution in [0.4, 0.5) is 26.3 Å². The van der Waals surface area contributed by atoms with Gasteiger partial charge in [0.25, 0.3) is 0 Å². The average Bonchev–Trinajstić information content (AvgIpc) is 2.34. The van der Waals surface area contributed by atoms with Crippen LogP contribution in [-0.4, -0.2) is 24.4 Å². The molecule has 0 aliphatic heterocycles. The SMILES string of the molecule is COC(=O)c1nc(C(F)(F)F)cc(CCl)c1OC(F)(F)F. The molecule has 0 radical (unpaired) electrons. The number of carbonyl (C=O) groups is 1. The van der Waals surface area contributed by atoms with Crippen LogP contribution < -0.4 is 4.74 Å². The minimum absolute atomic E-state index is 0.264. The van der Waals surface area contributed by atoms with Gasteiger partial charge in [-0.15, -0.1) is 24.8 Å². The van der Waals surface area contributed by atoms with E-state index in [1.54, 1.807) is 0 Å². The monoisotopic (exact) mass is 337 g/mol. The molecule has 0 aliphatic rings. The second kappa shape index (κ2) is 5.96. The molecule has 1 heterocycles. The predicted molar refractivity (Wildman–Crippen MR) is 56.8 cm³/mol. The van der Waals surface area contributed by atoms with Gasteiger partial charge in [0.2, 0.25) is 0 Å².